The maximum atomic E-state index is 12.7. The largest absolute Gasteiger partial charge is 0.494 e. The molecular weight excluding hydrogens is 338 g/mol. The molecule has 136 valence electrons. The van der Waals surface area contributed by atoms with Crippen LogP contribution in [0.1, 0.15) is 44.5 Å². The number of carbonyl (C=O) groups excluding carboxylic acids is 1. The first-order chi connectivity index (χ1) is 11.6. The molecule has 7 heteroatoms. The Morgan fingerprint density at radius 1 is 1.28 bits per heavy atom. The molecule has 0 bridgehead atoms. The Bertz CT molecular complexity index is 658. The topological polar surface area (TPSA) is 50.8 Å². The van der Waals surface area contributed by atoms with E-state index in [0.29, 0.717) is 10.6 Å². The van der Waals surface area contributed by atoms with Crippen LogP contribution < -0.4 is 10.8 Å². The summed E-state index contributed by atoms with van der Waals surface area (Å²) in [7, 11) is 1.35. The molecule has 25 heavy (non-hydrogen) atoms. The summed E-state index contributed by atoms with van der Waals surface area (Å²) >= 11 is 6.42. The Morgan fingerprint density at radius 3 is 2.44 bits per heavy atom. The van der Waals surface area contributed by atoms with Crippen LogP contribution in [0.25, 0.3) is 0 Å². The Kier molecular flexibility index (Phi) is 4.92. The van der Waals surface area contributed by atoms with Gasteiger partial charge in [-0.25, -0.2) is 0 Å². The van der Waals surface area contributed by atoms with Gasteiger partial charge in [0.1, 0.15) is 0 Å². The average Bonchev–Trinajstić information content (AvgIpc) is 3.12. The van der Waals surface area contributed by atoms with E-state index in [1.165, 1.54) is 0 Å². The Labute approximate surface area is 155 Å². The fraction of sp³-hybridized carbons (Fsp3) is 0.611. The molecule has 1 aromatic rings. The molecule has 0 spiro atoms. The molecule has 1 atom stereocenters. The van der Waals surface area contributed by atoms with E-state index in [-0.39, 0.29) is 11.9 Å². The number of benzene rings is 1. The second kappa shape index (κ2) is 6.58. The minimum Gasteiger partial charge on any atom is -0.399 e. The minimum absolute atomic E-state index is 0.0563. The molecule has 2 aliphatic rings. The second-order valence-electron chi connectivity index (χ2n) is 7.89. The number of rotatable bonds is 3. The van der Waals surface area contributed by atoms with Gasteiger partial charge in [-0.3, -0.25) is 4.79 Å². The quantitative estimate of drug-likeness (QED) is 0.834. The molecule has 0 radical (unpaired) electrons. The summed E-state index contributed by atoms with van der Waals surface area (Å²) in [5, 5.41) is 3.70. The highest BCUT2D eigenvalue weighted by Crippen LogP contribution is 2.36. The van der Waals surface area contributed by atoms with Crippen LogP contribution in [0.3, 0.4) is 0 Å². The zero-order chi connectivity index (χ0) is 18.4. The van der Waals surface area contributed by atoms with E-state index < -0.39 is 18.3 Å². The van der Waals surface area contributed by atoms with Gasteiger partial charge >= 0.3 is 7.12 Å². The van der Waals surface area contributed by atoms with Crippen molar-refractivity contribution in [3.63, 3.8) is 0 Å². The summed E-state index contributed by atoms with van der Waals surface area (Å²) in [6, 6.07) is 5.62. The van der Waals surface area contributed by atoms with Crippen LogP contribution in [0.5, 0.6) is 0 Å². The van der Waals surface area contributed by atoms with Gasteiger partial charge in [0.25, 0.3) is 5.91 Å². The van der Waals surface area contributed by atoms with E-state index in [0.717, 1.165) is 25.0 Å². The standard InChI is InChI=1S/C18H26BClN2O3/c1-17(2)18(3,4)25-19(24-17)12-6-7-14(15(20)10-12)16(23)22(5)13-8-9-21-11-13/h6-7,10,13,21H,8-9,11H2,1-5H3. The third-order valence-corrected chi connectivity index (χ3v) is 5.96. The number of amides is 1. The zero-order valence-corrected chi connectivity index (χ0v) is 16.3. The monoisotopic (exact) mass is 364 g/mol. The lowest BCUT2D eigenvalue weighted by atomic mass is 9.79. The van der Waals surface area contributed by atoms with E-state index in [4.69, 9.17) is 20.9 Å². The van der Waals surface area contributed by atoms with Crippen molar-refractivity contribution in [2.45, 2.75) is 51.4 Å². The van der Waals surface area contributed by atoms with E-state index in [1.807, 2.05) is 40.8 Å². The highest BCUT2D eigenvalue weighted by molar-refractivity contribution is 6.62. The minimum atomic E-state index is -0.483. The van der Waals surface area contributed by atoms with E-state index in [1.54, 1.807) is 17.0 Å². The highest BCUT2D eigenvalue weighted by atomic mass is 35.5. The van der Waals surface area contributed by atoms with Crippen molar-refractivity contribution in [1.82, 2.24) is 10.2 Å². The molecule has 1 amide bonds. The van der Waals surface area contributed by atoms with Crippen LogP contribution in [0.2, 0.25) is 5.02 Å². The van der Waals surface area contributed by atoms with Crippen LogP contribution in [0.15, 0.2) is 18.2 Å². The van der Waals surface area contributed by atoms with Crippen LogP contribution >= 0.6 is 11.6 Å². The summed E-state index contributed by atoms with van der Waals surface area (Å²) in [6.07, 6.45) is 0.964. The number of halogens is 1. The van der Waals surface area contributed by atoms with Crippen LogP contribution in [-0.2, 0) is 9.31 Å². The summed E-state index contributed by atoms with van der Waals surface area (Å²) in [4.78, 5) is 14.5. The summed E-state index contributed by atoms with van der Waals surface area (Å²) in [5.74, 6) is -0.0563. The molecule has 0 aromatic heterocycles. The van der Waals surface area contributed by atoms with Gasteiger partial charge < -0.3 is 19.5 Å². The lowest BCUT2D eigenvalue weighted by Crippen LogP contribution is -2.41. The number of likely N-dealkylation sites (N-methyl/N-ethyl adjacent to an activating group) is 1. The molecule has 2 fully saturated rings. The summed E-state index contributed by atoms with van der Waals surface area (Å²) < 4.78 is 12.1. The van der Waals surface area contributed by atoms with Gasteiger partial charge in [0, 0.05) is 19.6 Å². The fourth-order valence-electron chi connectivity index (χ4n) is 3.16. The van der Waals surface area contributed by atoms with Crippen molar-refractivity contribution in [3.8, 4) is 0 Å². The molecule has 2 saturated heterocycles. The predicted molar refractivity (Wildman–Crippen MR) is 101 cm³/mol. The van der Waals surface area contributed by atoms with Crippen molar-refractivity contribution in [2.75, 3.05) is 20.1 Å². The molecule has 3 rings (SSSR count). The molecule has 1 unspecified atom stereocenters. The van der Waals surface area contributed by atoms with Gasteiger partial charge in [-0.15, -0.1) is 0 Å². The van der Waals surface area contributed by atoms with Crippen molar-refractivity contribution < 1.29 is 14.1 Å². The average molecular weight is 365 g/mol. The lowest BCUT2D eigenvalue weighted by molar-refractivity contribution is 0.00578. The van der Waals surface area contributed by atoms with E-state index >= 15 is 0 Å². The van der Waals surface area contributed by atoms with Crippen molar-refractivity contribution in [1.29, 1.82) is 0 Å². The maximum Gasteiger partial charge on any atom is 0.494 e. The second-order valence-corrected chi connectivity index (χ2v) is 8.30. The summed E-state index contributed by atoms with van der Waals surface area (Å²) in [5.41, 5.74) is 0.518. The van der Waals surface area contributed by atoms with E-state index in [9.17, 15) is 4.79 Å². The smallest absolute Gasteiger partial charge is 0.399 e. The van der Waals surface area contributed by atoms with Crippen molar-refractivity contribution in [3.05, 3.63) is 28.8 Å². The third kappa shape index (κ3) is 3.45. The maximum absolute atomic E-state index is 12.7. The first kappa shape index (κ1) is 18.7. The molecule has 5 nitrogen and oxygen atoms in total. The normalized spacial score (nSPS) is 24.6. The van der Waals surface area contributed by atoms with E-state index in [2.05, 4.69) is 5.32 Å². The summed E-state index contributed by atoms with van der Waals surface area (Å²) in [6.45, 7) is 9.81. The van der Waals surface area contributed by atoms with Crippen LogP contribution in [-0.4, -0.2) is 55.3 Å². The van der Waals surface area contributed by atoms with Gasteiger partial charge in [-0.05, 0) is 58.3 Å². The predicted octanol–water partition coefficient (Wildman–Crippen LogP) is 2.07. The molecule has 0 saturated carbocycles. The first-order valence-corrected chi connectivity index (χ1v) is 9.13. The van der Waals surface area contributed by atoms with Gasteiger partial charge in [-0.1, -0.05) is 17.7 Å². The SMILES string of the molecule is CN(C(=O)c1ccc(B2OC(C)(C)C(C)(C)O2)cc1Cl)C1CCNC1. The number of hydrogen-bond donors (Lipinski definition) is 1. The van der Waals surface area contributed by atoms with Crippen molar-refractivity contribution >= 4 is 30.1 Å². The lowest BCUT2D eigenvalue weighted by Gasteiger charge is -2.32. The molecule has 2 heterocycles. The van der Waals surface area contributed by atoms with Crippen LogP contribution in [0, 0.1) is 0 Å². The zero-order valence-electron chi connectivity index (χ0n) is 15.6. The molecule has 1 N–H and O–H groups in total. The van der Waals surface area contributed by atoms with Gasteiger partial charge in [-0.2, -0.15) is 0 Å². The van der Waals surface area contributed by atoms with Crippen molar-refractivity contribution in [2.24, 2.45) is 0 Å². The molecule has 1 aromatic carbocycles. The fourth-order valence-corrected chi connectivity index (χ4v) is 3.43. The number of nitrogens with one attached hydrogen (secondary N) is 1. The van der Waals surface area contributed by atoms with Gasteiger partial charge in [0.2, 0.25) is 0 Å². The Morgan fingerprint density at radius 2 is 1.92 bits per heavy atom. The number of carbonyl (C=O) groups is 1. The molecule has 2 aliphatic heterocycles. The van der Waals surface area contributed by atoms with Gasteiger partial charge in [0.05, 0.1) is 21.8 Å². The first-order valence-electron chi connectivity index (χ1n) is 8.75. The molecular formula is C18H26BClN2O3. The molecule has 0 aliphatic carbocycles. The number of nitrogens with zero attached hydrogens (tertiary/aromatic N) is 1. The van der Waals surface area contributed by atoms with Gasteiger partial charge in [0.15, 0.2) is 0 Å². The third-order valence-electron chi connectivity index (χ3n) is 5.65. The highest BCUT2D eigenvalue weighted by Gasteiger charge is 2.51. The number of hydrogen-bond acceptors (Lipinski definition) is 4. The Balaban J connectivity index is 1.78. The van der Waals surface area contributed by atoms with Crippen LogP contribution in [0.4, 0.5) is 0 Å². The Hall–Kier alpha value is -1.08.